The van der Waals surface area contributed by atoms with Crippen LogP contribution in [-0.2, 0) is 0 Å². The van der Waals surface area contributed by atoms with Gasteiger partial charge in [-0.25, -0.2) is 8.78 Å². The standard InChI is InChI=1S/C16H16F2N2O3/c1-21-14-7-4-10(15(22-2)16(14)23-3)9-19-20-13-6-5-11(17)8-12(13)18/h4-9,20H,1-3H3. The number of nitrogens with one attached hydrogen (secondary N) is 1. The van der Waals surface area contributed by atoms with Gasteiger partial charge < -0.3 is 14.2 Å². The molecule has 0 spiro atoms. The molecule has 1 N–H and O–H groups in total. The Morgan fingerprint density at radius 3 is 2.30 bits per heavy atom. The van der Waals surface area contributed by atoms with Crippen molar-refractivity contribution in [2.75, 3.05) is 26.8 Å². The molecule has 5 nitrogen and oxygen atoms in total. The third-order valence-electron chi connectivity index (χ3n) is 3.05. The van der Waals surface area contributed by atoms with Gasteiger partial charge in [-0.2, -0.15) is 5.10 Å². The van der Waals surface area contributed by atoms with Gasteiger partial charge in [0.2, 0.25) is 5.75 Å². The van der Waals surface area contributed by atoms with Crippen LogP contribution in [0.15, 0.2) is 35.4 Å². The SMILES string of the molecule is COc1ccc(C=NNc2ccc(F)cc2F)c(OC)c1OC. The lowest BCUT2D eigenvalue weighted by atomic mass is 10.2. The van der Waals surface area contributed by atoms with Crippen LogP contribution in [0.25, 0.3) is 0 Å². The highest BCUT2D eigenvalue weighted by Crippen LogP contribution is 2.38. The zero-order valence-electron chi connectivity index (χ0n) is 12.9. The van der Waals surface area contributed by atoms with Crippen LogP contribution in [-0.4, -0.2) is 27.5 Å². The molecule has 7 heteroatoms. The zero-order chi connectivity index (χ0) is 16.8. The van der Waals surface area contributed by atoms with Gasteiger partial charge in [-0.3, -0.25) is 5.43 Å². The van der Waals surface area contributed by atoms with Crippen LogP contribution >= 0.6 is 0 Å². The Kier molecular flexibility index (Phi) is 5.35. The number of hydrazone groups is 1. The Bertz CT molecular complexity index is 721. The lowest BCUT2D eigenvalue weighted by Gasteiger charge is -2.13. The van der Waals surface area contributed by atoms with Gasteiger partial charge in [0.15, 0.2) is 17.3 Å². The molecule has 0 atom stereocenters. The highest BCUT2D eigenvalue weighted by Gasteiger charge is 2.14. The molecule has 0 heterocycles. The van der Waals surface area contributed by atoms with E-state index in [-0.39, 0.29) is 5.69 Å². The van der Waals surface area contributed by atoms with Gasteiger partial charge in [-0.1, -0.05) is 0 Å². The first-order chi connectivity index (χ1) is 11.1. The molecular formula is C16H16F2N2O3. The molecule has 2 aromatic rings. The van der Waals surface area contributed by atoms with Crippen LogP contribution < -0.4 is 19.6 Å². The quantitative estimate of drug-likeness (QED) is 0.654. The first kappa shape index (κ1) is 16.5. The first-order valence-corrected chi connectivity index (χ1v) is 6.63. The molecule has 0 saturated carbocycles. The highest BCUT2D eigenvalue weighted by molar-refractivity contribution is 5.86. The Morgan fingerprint density at radius 1 is 0.957 bits per heavy atom. The summed E-state index contributed by atoms with van der Waals surface area (Å²) >= 11 is 0. The monoisotopic (exact) mass is 322 g/mol. The lowest BCUT2D eigenvalue weighted by molar-refractivity contribution is 0.324. The highest BCUT2D eigenvalue weighted by atomic mass is 19.1. The summed E-state index contributed by atoms with van der Waals surface area (Å²) in [5.41, 5.74) is 3.16. The Labute approximate surface area is 132 Å². The van der Waals surface area contributed by atoms with Gasteiger partial charge in [0, 0.05) is 11.6 Å². The molecule has 2 aromatic carbocycles. The molecule has 0 saturated heterocycles. The van der Waals surface area contributed by atoms with Gasteiger partial charge in [0.05, 0.1) is 33.2 Å². The van der Waals surface area contributed by atoms with Crippen LogP contribution in [0, 0.1) is 11.6 Å². The second-order valence-corrected chi connectivity index (χ2v) is 4.42. The summed E-state index contributed by atoms with van der Waals surface area (Å²) < 4.78 is 42.1. The van der Waals surface area contributed by atoms with Crippen molar-refractivity contribution in [1.29, 1.82) is 0 Å². The van der Waals surface area contributed by atoms with Gasteiger partial charge in [-0.05, 0) is 24.3 Å². The smallest absolute Gasteiger partial charge is 0.203 e. The van der Waals surface area contributed by atoms with Crippen LogP contribution in [0.4, 0.5) is 14.5 Å². The third-order valence-corrected chi connectivity index (χ3v) is 3.05. The molecule has 0 fully saturated rings. The van der Waals surface area contributed by atoms with E-state index < -0.39 is 11.6 Å². The number of halogens is 2. The van der Waals surface area contributed by atoms with E-state index in [1.165, 1.54) is 33.6 Å². The Hall–Kier alpha value is -2.83. The van der Waals surface area contributed by atoms with Crippen molar-refractivity contribution in [2.24, 2.45) is 5.10 Å². The van der Waals surface area contributed by atoms with E-state index in [2.05, 4.69) is 10.5 Å². The zero-order valence-corrected chi connectivity index (χ0v) is 12.9. The minimum Gasteiger partial charge on any atom is -0.493 e. The van der Waals surface area contributed by atoms with E-state index in [0.717, 1.165) is 12.1 Å². The van der Waals surface area contributed by atoms with E-state index in [1.807, 2.05) is 0 Å². The fourth-order valence-corrected chi connectivity index (χ4v) is 1.98. The molecule has 122 valence electrons. The maximum absolute atomic E-state index is 13.5. The fraction of sp³-hybridized carbons (Fsp3) is 0.188. The normalized spacial score (nSPS) is 10.7. The molecule has 0 unspecified atom stereocenters. The summed E-state index contributed by atoms with van der Waals surface area (Å²) in [6.45, 7) is 0. The predicted octanol–water partition coefficient (Wildman–Crippen LogP) is 3.44. The van der Waals surface area contributed by atoms with E-state index in [0.29, 0.717) is 22.8 Å². The molecular weight excluding hydrogens is 306 g/mol. The van der Waals surface area contributed by atoms with Crippen molar-refractivity contribution in [3.8, 4) is 17.2 Å². The number of nitrogens with zero attached hydrogens (tertiary/aromatic N) is 1. The molecule has 0 aromatic heterocycles. The minimum absolute atomic E-state index is 0.0575. The summed E-state index contributed by atoms with van der Waals surface area (Å²) in [6, 6.07) is 6.58. The summed E-state index contributed by atoms with van der Waals surface area (Å²) in [5, 5.41) is 3.93. The minimum atomic E-state index is -0.735. The lowest BCUT2D eigenvalue weighted by Crippen LogP contribution is -2.00. The van der Waals surface area contributed by atoms with Crippen LogP contribution in [0.5, 0.6) is 17.2 Å². The van der Waals surface area contributed by atoms with Crippen LogP contribution in [0.1, 0.15) is 5.56 Å². The second kappa shape index (κ2) is 7.44. The predicted molar refractivity (Wildman–Crippen MR) is 83.7 cm³/mol. The number of hydrogen-bond donors (Lipinski definition) is 1. The number of ether oxygens (including phenoxy) is 3. The van der Waals surface area contributed by atoms with Crippen molar-refractivity contribution >= 4 is 11.9 Å². The van der Waals surface area contributed by atoms with Crippen molar-refractivity contribution in [2.45, 2.75) is 0 Å². The Balaban J connectivity index is 2.25. The van der Waals surface area contributed by atoms with E-state index in [1.54, 1.807) is 12.1 Å². The van der Waals surface area contributed by atoms with Crippen molar-refractivity contribution in [3.05, 3.63) is 47.5 Å². The average Bonchev–Trinajstić information content (AvgIpc) is 2.55. The van der Waals surface area contributed by atoms with E-state index >= 15 is 0 Å². The molecule has 0 radical (unpaired) electrons. The van der Waals surface area contributed by atoms with Crippen molar-refractivity contribution in [1.82, 2.24) is 0 Å². The van der Waals surface area contributed by atoms with Gasteiger partial charge in [-0.15, -0.1) is 0 Å². The molecule has 23 heavy (non-hydrogen) atoms. The number of anilines is 1. The van der Waals surface area contributed by atoms with Crippen molar-refractivity contribution < 1.29 is 23.0 Å². The number of benzene rings is 2. The molecule has 2 rings (SSSR count). The largest absolute Gasteiger partial charge is 0.493 e. The fourth-order valence-electron chi connectivity index (χ4n) is 1.98. The van der Waals surface area contributed by atoms with Gasteiger partial charge in [0.25, 0.3) is 0 Å². The summed E-state index contributed by atoms with van der Waals surface area (Å²) in [4.78, 5) is 0. The summed E-state index contributed by atoms with van der Waals surface area (Å²) in [5.74, 6) is -0.0251. The topological polar surface area (TPSA) is 52.1 Å². The molecule has 0 aliphatic carbocycles. The number of rotatable bonds is 6. The molecule has 0 aliphatic rings. The van der Waals surface area contributed by atoms with Crippen LogP contribution in [0.3, 0.4) is 0 Å². The van der Waals surface area contributed by atoms with E-state index in [4.69, 9.17) is 14.2 Å². The average molecular weight is 322 g/mol. The molecule has 0 aliphatic heterocycles. The molecule has 0 bridgehead atoms. The second-order valence-electron chi connectivity index (χ2n) is 4.42. The van der Waals surface area contributed by atoms with Gasteiger partial charge >= 0.3 is 0 Å². The number of hydrogen-bond acceptors (Lipinski definition) is 5. The van der Waals surface area contributed by atoms with Gasteiger partial charge in [0.1, 0.15) is 5.82 Å². The first-order valence-electron chi connectivity index (χ1n) is 6.63. The maximum atomic E-state index is 13.5. The molecule has 0 amide bonds. The number of methoxy groups -OCH3 is 3. The van der Waals surface area contributed by atoms with Crippen LogP contribution in [0.2, 0.25) is 0 Å². The van der Waals surface area contributed by atoms with Crippen molar-refractivity contribution in [3.63, 3.8) is 0 Å². The van der Waals surface area contributed by atoms with E-state index in [9.17, 15) is 8.78 Å². The summed E-state index contributed by atoms with van der Waals surface area (Å²) in [6.07, 6.45) is 1.43. The Morgan fingerprint density at radius 2 is 1.70 bits per heavy atom. The maximum Gasteiger partial charge on any atom is 0.203 e. The third kappa shape index (κ3) is 3.68. The summed E-state index contributed by atoms with van der Waals surface area (Å²) in [7, 11) is 4.50.